The average molecular weight is 366 g/mol. The molecular formula is C20H23N5S. The minimum absolute atomic E-state index is 0.762. The van der Waals surface area contributed by atoms with Crippen molar-refractivity contribution in [3.05, 3.63) is 77.9 Å². The third kappa shape index (κ3) is 5.28. The van der Waals surface area contributed by atoms with Gasteiger partial charge in [0.25, 0.3) is 0 Å². The van der Waals surface area contributed by atoms with Gasteiger partial charge in [-0.05, 0) is 30.3 Å². The Labute approximate surface area is 158 Å². The van der Waals surface area contributed by atoms with Crippen LogP contribution < -0.4 is 0 Å². The van der Waals surface area contributed by atoms with E-state index in [-0.39, 0.29) is 0 Å². The van der Waals surface area contributed by atoms with Crippen molar-refractivity contribution < 1.29 is 0 Å². The molecule has 0 saturated carbocycles. The smallest absolute Gasteiger partial charge is 0.191 e. The van der Waals surface area contributed by atoms with Gasteiger partial charge in [0.1, 0.15) is 5.82 Å². The summed E-state index contributed by atoms with van der Waals surface area (Å²) < 4.78 is 2.07. The molecular weight excluding hydrogens is 342 g/mol. The van der Waals surface area contributed by atoms with Gasteiger partial charge in [0, 0.05) is 31.7 Å². The molecule has 26 heavy (non-hydrogen) atoms. The van der Waals surface area contributed by atoms with Crippen LogP contribution in [0, 0.1) is 0 Å². The lowest BCUT2D eigenvalue weighted by Gasteiger charge is -2.13. The van der Waals surface area contributed by atoms with Crippen LogP contribution >= 0.6 is 11.8 Å². The Balaban J connectivity index is 1.51. The maximum atomic E-state index is 4.35. The number of hydrogen-bond donors (Lipinski definition) is 0. The zero-order chi connectivity index (χ0) is 18.2. The molecule has 2 heterocycles. The monoisotopic (exact) mass is 365 g/mol. The Morgan fingerprint density at radius 2 is 1.85 bits per heavy atom. The van der Waals surface area contributed by atoms with Crippen LogP contribution in [0.3, 0.4) is 0 Å². The SMILES string of the molecule is CN(C/C=C/c1ccccc1)Cc1nnc(SCc2ccncc2)n1C. The fraction of sp³-hybridized carbons (Fsp3) is 0.250. The highest BCUT2D eigenvalue weighted by molar-refractivity contribution is 7.98. The average Bonchev–Trinajstić information content (AvgIpc) is 3.01. The van der Waals surface area contributed by atoms with Crippen molar-refractivity contribution >= 4 is 17.8 Å². The number of hydrogen-bond acceptors (Lipinski definition) is 5. The topological polar surface area (TPSA) is 46.8 Å². The van der Waals surface area contributed by atoms with Crippen molar-refractivity contribution in [1.82, 2.24) is 24.6 Å². The number of thioether (sulfide) groups is 1. The van der Waals surface area contributed by atoms with E-state index in [1.807, 2.05) is 49.8 Å². The molecule has 0 fully saturated rings. The number of likely N-dealkylation sites (N-methyl/N-ethyl adjacent to an activating group) is 1. The summed E-state index contributed by atoms with van der Waals surface area (Å²) in [4.78, 5) is 6.27. The molecule has 2 aromatic heterocycles. The van der Waals surface area contributed by atoms with Crippen molar-refractivity contribution in [2.75, 3.05) is 13.6 Å². The standard InChI is InChI=1S/C20H23N5S/c1-24(14-6-9-17-7-4-3-5-8-17)15-19-22-23-20(25(19)2)26-16-18-10-12-21-13-11-18/h3-13H,14-16H2,1-2H3/b9-6+. The van der Waals surface area contributed by atoms with E-state index < -0.39 is 0 Å². The molecule has 1 aromatic carbocycles. The van der Waals surface area contributed by atoms with Gasteiger partial charge in [-0.15, -0.1) is 10.2 Å². The highest BCUT2D eigenvalue weighted by Gasteiger charge is 2.11. The Morgan fingerprint density at radius 3 is 2.62 bits per heavy atom. The van der Waals surface area contributed by atoms with Crippen molar-refractivity contribution in [1.29, 1.82) is 0 Å². The Kier molecular flexibility index (Phi) is 6.57. The fourth-order valence-electron chi connectivity index (χ4n) is 2.47. The number of nitrogens with zero attached hydrogens (tertiary/aromatic N) is 5. The summed E-state index contributed by atoms with van der Waals surface area (Å²) in [5.41, 5.74) is 2.45. The van der Waals surface area contributed by atoms with Crippen molar-refractivity contribution in [2.45, 2.75) is 17.5 Å². The molecule has 0 radical (unpaired) electrons. The van der Waals surface area contributed by atoms with E-state index in [2.05, 4.69) is 56.0 Å². The minimum Gasteiger partial charge on any atom is -0.308 e. The number of rotatable bonds is 8. The van der Waals surface area contributed by atoms with Crippen LogP contribution in [0.2, 0.25) is 0 Å². The summed E-state index contributed by atoms with van der Waals surface area (Å²) in [5, 5.41) is 9.61. The lowest BCUT2D eigenvalue weighted by atomic mass is 10.2. The van der Waals surface area contributed by atoms with Crippen LogP contribution in [-0.4, -0.2) is 38.2 Å². The molecule has 134 valence electrons. The third-order valence-electron chi connectivity index (χ3n) is 3.98. The highest BCUT2D eigenvalue weighted by atomic mass is 32.2. The van der Waals surface area contributed by atoms with Gasteiger partial charge in [-0.3, -0.25) is 9.88 Å². The zero-order valence-corrected chi connectivity index (χ0v) is 15.9. The van der Waals surface area contributed by atoms with Crippen molar-refractivity contribution in [2.24, 2.45) is 7.05 Å². The quantitative estimate of drug-likeness (QED) is 0.570. The van der Waals surface area contributed by atoms with Gasteiger partial charge in [-0.1, -0.05) is 54.2 Å². The molecule has 0 aliphatic carbocycles. The zero-order valence-electron chi connectivity index (χ0n) is 15.1. The van der Waals surface area contributed by atoms with Gasteiger partial charge in [0.2, 0.25) is 0 Å². The van der Waals surface area contributed by atoms with Crippen LogP contribution in [-0.2, 0) is 19.3 Å². The van der Waals surface area contributed by atoms with Gasteiger partial charge >= 0.3 is 0 Å². The van der Waals surface area contributed by atoms with Crippen LogP contribution in [0.5, 0.6) is 0 Å². The Morgan fingerprint density at radius 1 is 1.08 bits per heavy atom. The summed E-state index contributed by atoms with van der Waals surface area (Å²) in [5.74, 6) is 1.84. The molecule has 0 aliphatic rings. The van der Waals surface area contributed by atoms with Crippen LogP contribution in [0.4, 0.5) is 0 Å². The Hall–Kier alpha value is -2.44. The highest BCUT2D eigenvalue weighted by Crippen LogP contribution is 2.21. The van der Waals surface area contributed by atoms with Crippen LogP contribution in [0.15, 0.2) is 66.1 Å². The molecule has 0 unspecified atom stereocenters. The van der Waals surface area contributed by atoms with E-state index in [0.717, 1.165) is 29.8 Å². The fourth-order valence-corrected chi connectivity index (χ4v) is 3.36. The van der Waals surface area contributed by atoms with Gasteiger partial charge in [0.05, 0.1) is 6.54 Å². The van der Waals surface area contributed by atoms with Gasteiger partial charge in [0.15, 0.2) is 5.16 Å². The predicted molar refractivity (Wildman–Crippen MR) is 107 cm³/mol. The van der Waals surface area contributed by atoms with E-state index in [9.17, 15) is 0 Å². The minimum atomic E-state index is 0.762. The van der Waals surface area contributed by atoms with Crippen LogP contribution in [0.1, 0.15) is 17.0 Å². The molecule has 3 rings (SSSR count). The second kappa shape index (κ2) is 9.31. The maximum absolute atomic E-state index is 4.35. The maximum Gasteiger partial charge on any atom is 0.191 e. The van der Waals surface area contributed by atoms with Crippen molar-refractivity contribution in [3.8, 4) is 0 Å². The summed E-state index contributed by atoms with van der Waals surface area (Å²) in [6, 6.07) is 14.4. The first-order chi connectivity index (χ1) is 12.7. The van der Waals surface area contributed by atoms with Crippen molar-refractivity contribution in [3.63, 3.8) is 0 Å². The molecule has 3 aromatic rings. The second-order valence-corrected chi connectivity index (χ2v) is 7.05. The van der Waals surface area contributed by atoms with E-state index >= 15 is 0 Å². The molecule has 0 amide bonds. The molecule has 6 heteroatoms. The first-order valence-electron chi connectivity index (χ1n) is 8.52. The normalized spacial score (nSPS) is 11.5. The molecule has 5 nitrogen and oxygen atoms in total. The Bertz CT molecular complexity index is 830. The summed E-state index contributed by atoms with van der Waals surface area (Å²) in [7, 11) is 4.12. The van der Waals surface area contributed by atoms with Gasteiger partial charge in [-0.25, -0.2) is 0 Å². The molecule has 0 spiro atoms. The lowest BCUT2D eigenvalue weighted by Crippen LogP contribution is -2.20. The summed E-state index contributed by atoms with van der Waals surface area (Å²) >= 11 is 1.69. The van der Waals surface area contributed by atoms with E-state index in [1.54, 1.807) is 11.8 Å². The van der Waals surface area contributed by atoms with Gasteiger partial charge in [-0.2, -0.15) is 0 Å². The predicted octanol–water partition coefficient (Wildman–Crippen LogP) is 3.65. The van der Waals surface area contributed by atoms with E-state index in [4.69, 9.17) is 0 Å². The molecule has 0 bridgehead atoms. The first kappa shape index (κ1) is 18.4. The molecule has 0 atom stereocenters. The molecule has 0 aliphatic heterocycles. The number of benzene rings is 1. The first-order valence-corrected chi connectivity index (χ1v) is 9.51. The van der Waals surface area contributed by atoms with E-state index in [1.165, 1.54) is 11.1 Å². The third-order valence-corrected chi connectivity index (χ3v) is 5.07. The van der Waals surface area contributed by atoms with Gasteiger partial charge < -0.3 is 4.57 Å². The lowest BCUT2D eigenvalue weighted by molar-refractivity contribution is 0.347. The molecule has 0 N–H and O–H groups in total. The molecule has 0 saturated heterocycles. The summed E-state index contributed by atoms with van der Waals surface area (Å²) in [6.07, 6.45) is 7.94. The summed E-state index contributed by atoms with van der Waals surface area (Å²) in [6.45, 7) is 1.62. The van der Waals surface area contributed by atoms with E-state index in [0.29, 0.717) is 0 Å². The second-order valence-electron chi connectivity index (χ2n) is 6.11. The number of aromatic nitrogens is 4. The number of pyridine rings is 1. The van der Waals surface area contributed by atoms with Crippen LogP contribution in [0.25, 0.3) is 6.08 Å². The largest absolute Gasteiger partial charge is 0.308 e.